The first-order valence-corrected chi connectivity index (χ1v) is 7.49. The molecule has 0 saturated carbocycles. The van der Waals surface area contributed by atoms with Crippen LogP contribution in [-0.4, -0.2) is 46.3 Å². The molecule has 3 rings (SSSR count). The molecule has 1 N–H and O–H groups in total. The Morgan fingerprint density at radius 3 is 2.95 bits per heavy atom. The quantitative estimate of drug-likeness (QED) is 0.851. The lowest BCUT2D eigenvalue weighted by Gasteiger charge is -2.18. The van der Waals surface area contributed by atoms with E-state index in [1.165, 1.54) is 22.7 Å². The molecule has 0 aromatic heterocycles. The highest BCUT2D eigenvalue weighted by Crippen LogP contribution is 2.32. The van der Waals surface area contributed by atoms with Crippen molar-refractivity contribution in [1.29, 1.82) is 0 Å². The summed E-state index contributed by atoms with van der Waals surface area (Å²) in [7, 11) is 0. The van der Waals surface area contributed by atoms with Crippen LogP contribution in [-0.2, 0) is 9.59 Å². The number of carbonyl (C=O) groups excluding carboxylic acids is 1. The number of fused-ring (bicyclic) bond motifs is 1. The zero-order valence-corrected chi connectivity index (χ0v) is 11.8. The van der Waals surface area contributed by atoms with Gasteiger partial charge in [-0.2, -0.15) is 0 Å². The van der Waals surface area contributed by atoms with Crippen LogP contribution in [0.1, 0.15) is 5.56 Å². The number of carboxylic acid groups (broad SMARTS) is 1. The van der Waals surface area contributed by atoms with E-state index in [4.69, 9.17) is 14.6 Å². The summed E-state index contributed by atoms with van der Waals surface area (Å²) < 4.78 is 10.5. The number of rotatable bonds is 3. The number of carbonyl (C=O) groups is 2. The van der Waals surface area contributed by atoms with E-state index in [2.05, 4.69) is 0 Å². The van der Waals surface area contributed by atoms with Crippen LogP contribution in [0.3, 0.4) is 0 Å². The van der Waals surface area contributed by atoms with Gasteiger partial charge in [0.2, 0.25) is 12.7 Å². The fourth-order valence-electron chi connectivity index (χ4n) is 2.14. The minimum atomic E-state index is -0.968. The molecule has 1 fully saturated rings. The van der Waals surface area contributed by atoms with Gasteiger partial charge in [0.15, 0.2) is 11.5 Å². The molecule has 2 aliphatic heterocycles. The number of aliphatic carboxylic acids is 1. The van der Waals surface area contributed by atoms with Crippen molar-refractivity contribution in [1.82, 2.24) is 4.90 Å². The van der Waals surface area contributed by atoms with Crippen LogP contribution in [0.2, 0.25) is 0 Å². The lowest BCUT2D eigenvalue weighted by molar-refractivity contribution is -0.146. The van der Waals surface area contributed by atoms with Gasteiger partial charge in [-0.25, -0.2) is 4.79 Å². The van der Waals surface area contributed by atoms with E-state index < -0.39 is 12.0 Å². The van der Waals surface area contributed by atoms with E-state index in [1.54, 1.807) is 18.2 Å². The molecular weight excluding hydrogens is 294 g/mol. The van der Waals surface area contributed by atoms with Crippen LogP contribution in [0.5, 0.6) is 11.5 Å². The van der Waals surface area contributed by atoms with Crippen LogP contribution in [0.4, 0.5) is 0 Å². The maximum absolute atomic E-state index is 12.1. The van der Waals surface area contributed by atoms with Crippen molar-refractivity contribution in [3.63, 3.8) is 0 Å². The van der Waals surface area contributed by atoms with Crippen molar-refractivity contribution < 1.29 is 24.2 Å². The molecule has 1 unspecified atom stereocenters. The molecule has 0 aliphatic carbocycles. The van der Waals surface area contributed by atoms with Gasteiger partial charge in [0, 0.05) is 11.8 Å². The van der Waals surface area contributed by atoms with Gasteiger partial charge in [-0.3, -0.25) is 4.79 Å². The monoisotopic (exact) mass is 307 g/mol. The molecule has 2 aliphatic rings. The summed E-state index contributed by atoms with van der Waals surface area (Å²) in [6.45, 7) is 0.201. The van der Waals surface area contributed by atoms with Gasteiger partial charge in [0.05, 0.1) is 5.88 Å². The highest BCUT2D eigenvalue weighted by molar-refractivity contribution is 7.99. The summed E-state index contributed by atoms with van der Waals surface area (Å²) in [5.74, 6) is 0.889. The van der Waals surface area contributed by atoms with Gasteiger partial charge < -0.3 is 19.5 Å². The Hall–Kier alpha value is -2.15. The number of benzene rings is 1. The van der Waals surface area contributed by atoms with Gasteiger partial charge >= 0.3 is 5.97 Å². The molecule has 110 valence electrons. The second kappa shape index (κ2) is 5.69. The number of thioether (sulfide) groups is 1. The Morgan fingerprint density at radius 1 is 1.33 bits per heavy atom. The Labute approximate surface area is 125 Å². The molecule has 0 spiro atoms. The smallest absolute Gasteiger partial charge is 0.327 e. The fourth-order valence-corrected chi connectivity index (χ4v) is 3.30. The zero-order chi connectivity index (χ0) is 14.8. The molecule has 2 heterocycles. The average Bonchev–Trinajstić information content (AvgIpc) is 3.12. The van der Waals surface area contributed by atoms with Gasteiger partial charge in [-0.15, -0.1) is 11.8 Å². The molecule has 0 bridgehead atoms. The van der Waals surface area contributed by atoms with Crippen molar-refractivity contribution >= 4 is 29.7 Å². The first-order chi connectivity index (χ1) is 10.1. The number of amides is 1. The standard InChI is InChI=1S/C14H13NO5S/c16-13(15-7-21-6-10(15)14(17)18)4-2-9-1-3-11-12(5-9)20-8-19-11/h1-5,10H,6-8H2,(H,17,18)/b4-2+. The third-order valence-corrected chi connectivity index (χ3v) is 4.28. The molecular formula is C14H13NO5S. The molecule has 1 saturated heterocycles. The Bertz CT molecular complexity index is 615. The van der Waals surface area contributed by atoms with Crippen molar-refractivity contribution in [3.05, 3.63) is 29.8 Å². The second-order valence-electron chi connectivity index (χ2n) is 4.61. The summed E-state index contributed by atoms with van der Waals surface area (Å²) in [4.78, 5) is 24.5. The van der Waals surface area contributed by atoms with Crippen LogP contribution < -0.4 is 9.47 Å². The maximum atomic E-state index is 12.1. The number of ether oxygens (including phenoxy) is 2. The summed E-state index contributed by atoms with van der Waals surface area (Å²) in [5.41, 5.74) is 0.798. The van der Waals surface area contributed by atoms with Crippen LogP contribution in [0.15, 0.2) is 24.3 Å². The number of hydrogen-bond acceptors (Lipinski definition) is 5. The van der Waals surface area contributed by atoms with E-state index in [0.717, 1.165) is 5.56 Å². The second-order valence-corrected chi connectivity index (χ2v) is 5.61. The highest BCUT2D eigenvalue weighted by Gasteiger charge is 2.33. The first kappa shape index (κ1) is 13.8. The molecule has 1 aromatic carbocycles. The van der Waals surface area contributed by atoms with E-state index in [1.807, 2.05) is 6.07 Å². The molecule has 0 radical (unpaired) electrons. The van der Waals surface area contributed by atoms with Crippen molar-refractivity contribution in [2.45, 2.75) is 6.04 Å². The average molecular weight is 307 g/mol. The van der Waals surface area contributed by atoms with Crippen LogP contribution in [0.25, 0.3) is 6.08 Å². The van der Waals surface area contributed by atoms with Crippen molar-refractivity contribution in [2.75, 3.05) is 18.4 Å². The fraction of sp³-hybridized carbons (Fsp3) is 0.286. The van der Waals surface area contributed by atoms with Crippen molar-refractivity contribution in [3.8, 4) is 11.5 Å². The van der Waals surface area contributed by atoms with Gasteiger partial charge in [-0.05, 0) is 23.8 Å². The molecule has 6 nitrogen and oxygen atoms in total. The summed E-state index contributed by atoms with van der Waals surface area (Å²) in [6.07, 6.45) is 3.03. The first-order valence-electron chi connectivity index (χ1n) is 6.34. The topological polar surface area (TPSA) is 76.1 Å². The number of carboxylic acids is 1. The SMILES string of the molecule is O=C(O)C1CSCN1C(=O)/C=C/c1ccc2c(c1)OCO2. The molecule has 7 heteroatoms. The third kappa shape index (κ3) is 2.82. The number of nitrogens with zero attached hydrogens (tertiary/aromatic N) is 1. The number of hydrogen-bond donors (Lipinski definition) is 1. The Morgan fingerprint density at radius 2 is 2.14 bits per heavy atom. The molecule has 1 aromatic rings. The molecule has 1 amide bonds. The molecule has 1 atom stereocenters. The minimum Gasteiger partial charge on any atom is -0.480 e. The minimum absolute atomic E-state index is 0.201. The Kier molecular flexibility index (Phi) is 3.74. The van der Waals surface area contributed by atoms with E-state index >= 15 is 0 Å². The van der Waals surface area contributed by atoms with E-state index in [-0.39, 0.29) is 12.7 Å². The largest absolute Gasteiger partial charge is 0.480 e. The predicted octanol–water partition coefficient (Wildman–Crippen LogP) is 1.41. The predicted molar refractivity (Wildman–Crippen MR) is 77.2 cm³/mol. The Balaban J connectivity index is 1.71. The molecule has 21 heavy (non-hydrogen) atoms. The van der Waals surface area contributed by atoms with Gasteiger partial charge in [-0.1, -0.05) is 6.07 Å². The summed E-state index contributed by atoms with van der Waals surface area (Å²) >= 11 is 1.44. The zero-order valence-electron chi connectivity index (χ0n) is 11.0. The van der Waals surface area contributed by atoms with Gasteiger partial charge in [0.25, 0.3) is 0 Å². The van der Waals surface area contributed by atoms with Crippen LogP contribution >= 0.6 is 11.8 Å². The van der Waals surface area contributed by atoms with Crippen molar-refractivity contribution in [2.24, 2.45) is 0 Å². The van der Waals surface area contributed by atoms with Crippen LogP contribution in [0, 0.1) is 0 Å². The van der Waals surface area contributed by atoms with Gasteiger partial charge in [0.1, 0.15) is 6.04 Å². The maximum Gasteiger partial charge on any atom is 0.327 e. The lowest BCUT2D eigenvalue weighted by Crippen LogP contribution is -2.40. The van der Waals surface area contributed by atoms with E-state index in [0.29, 0.717) is 23.1 Å². The highest BCUT2D eigenvalue weighted by atomic mass is 32.2. The summed E-state index contributed by atoms with van der Waals surface area (Å²) in [5, 5.41) is 9.06. The summed E-state index contributed by atoms with van der Waals surface area (Å²) in [6, 6.07) is 4.62. The van der Waals surface area contributed by atoms with E-state index in [9.17, 15) is 9.59 Å². The normalized spacial score (nSPS) is 20.2. The lowest BCUT2D eigenvalue weighted by atomic mass is 10.2. The third-order valence-electron chi connectivity index (χ3n) is 3.27.